The molecule has 2 heterocycles. The predicted octanol–water partition coefficient (Wildman–Crippen LogP) is 1.23. The van der Waals surface area contributed by atoms with E-state index in [4.69, 9.17) is 0 Å². The molecule has 0 unspecified atom stereocenters. The van der Waals surface area contributed by atoms with Crippen LogP contribution in [0.25, 0.3) is 0 Å². The van der Waals surface area contributed by atoms with Crippen LogP contribution in [0.5, 0.6) is 0 Å². The van der Waals surface area contributed by atoms with Crippen LogP contribution in [-0.2, 0) is 6.54 Å². The number of aromatic nitrogens is 4. The first-order chi connectivity index (χ1) is 10.2. The summed E-state index contributed by atoms with van der Waals surface area (Å²) in [6.07, 6.45) is 4.38. The number of hydrogen-bond acceptors (Lipinski definition) is 5. The number of amides is 1. The molecule has 7 nitrogen and oxygen atoms in total. The van der Waals surface area contributed by atoms with Gasteiger partial charge >= 0.3 is 0 Å². The predicted molar refractivity (Wildman–Crippen MR) is 80.1 cm³/mol. The van der Waals surface area contributed by atoms with Crippen molar-refractivity contribution in [1.29, 1.82) is 0 Å². The van der Waals surface area contributed by atoms with Crippen molar-refractivity contribution in [2.75, 3.05) is 18.4 Å². The SMILES string of the molecule is CCCNc1cc(C(=O)NCCn2ccnn2)cc(C)n1. The molecule has 0 fully saturated rings. The molecule has 112 valence electrons. The van der Waals surface area contributed by atoms with Crippen LogP contribution in [0.15, 0.2) is 24.5 Å². The second-order valence-corrected chi connectivity index (χ2v) is 4.73. The molecule has 0 aliphatic carbocycles. The van der Waals surface area contributed by atoms with E-state index in [-0.39, 0.29) is 5.91 Å². The maximum atomic E-state index is 12.1. The van der Waals surface area contributed by atoms with Crippen LogP contribution in [-0.4, -0.2) is 39.0 Å². The third-order valence-corrected chi connectivity index (χ3v) is 2.87. The van der Waals surface area contributed by atoms with E-state index in [0.29, 0.717) is 18.7 Å². The first-order valence-electron chi connectivity index (χ1n) is 7.04. The van der Waals surface area contributed by atoms with Crippen molar-refractivity contribution in [3.05, 3.63) is 35.8 Å². The van der Waals surface area contributed by atoms with Crippen LogP contribution < -0.4 is 10.6 Å². The van der Waals surface area contributed by atoms with Crippen molar-refractivity contribution in [1.82, 2.24) is 25.3 Å². The van der Waals surface area contributed by atoms with Crippen LogP contribution in [0.4, 0.5) is 5.82 Å². The molecule has 0 saturated carbocycles. The largest absolute Gasteiger partial charge is 0.370 e. The van der Waals surface area contributed by atoms with Gasteiger partial charge in [0.25, 0.3) is 5.91 Å². The summed E-state index contributed by atoms with van der Waals surface area (Å²) in [7, 11) is 0. The summed E-state index contributed by atoms with van der Waals surface area (Å²) in [6.45, 7) is 5.89. The van der Waals surface area contributed by atoms with Gasteiger partial charge in [0.05, 0.1) is 12.7 Å². The molecule has 7 heteroatoms. The number of rotatable bonds is 7. The Hall–Kier alpha value is -2.44. The Labute approximate surface area is 123 Å². The fraction of sp³-hybridized carbons (Fsp3) is 0.429. The van der Waals surface area contributed by atoms with Gasteiger partial charge in [-0.25, -0.2) is 4.98 Å². The molecule has 0 spiro atoms. The van der Waals surface area contributed by atoms with Crippen LogP contribution in [0.3, 0.4) is 0 Å². The normalized spacial score (nSPS) is 10.4. The zero-order valence-corrected chi connectivity index (χ0v) is 12.3. The molecule has 0 saturated heterocycles. The van der Waals surface area contributed by atoms with Gasteiger partial charge in [0, 0.05) is 30.5 Å². The molecule has 2 rings (SSSR count). The van der Waals surface area contributed by atoms with Gasteiger partial charge in [-0.15, -0.1) is 5.10 Å². The average molecular weight is 288 g/mol. The third-order valence-electron chi connectivity index (χ3n) is 2.87. The van der Waals surface area contributed by atoms with E-state index in [1.54, 1.807) is 29.2 Å². The van der Waals surface area contributed by atoms with Crippen molar-refractivity contribution in [3.8, 4) is 0 Å². The van der Waals surface area contributed by atoms with Crippen molar-refractivity contribution >= 4 is 11.7 Å². The second-order valence-electron chi connectivity index (χ2n) is 4.73. The van der Waals surface area contributed by atoms with Gasteiger partial charge in [-0.05, 0) is 25.5 Å². The van der Waals surface area contributed by atoms with E-state index in [0.717, 1.165) is 24.5 Å². The van der Waals surface area contributed by atoms with Gasteiger partial charge in [-0.1, -0.05) is 12.1 Å². The molecular formula is C14H20N6O. The molecule has 2 aromatic rings. The summed E-state index contributed by atoms with van der Waals surface area (Å²) in [5, 5.41) is 13.6. The lowest BCUT2D eigenvalue weighted by atomic mass is 10.2. The van der Waals surface area contributed by atoms with Gasteiger partial charge in [-0.3, -0.25) is 9.48 Å². The Bertz CT molecular complexity index is 581. The quantitative estimate of drug-likeness (QED) is 0.800. The zero-order valence-electron chi connectivity index (χ0n) is 12.3. The van der Waals surface area contributed by atoms with E-state index in [1.165, 1.54) is 0 Å². The topological polar surface area (TPSA) is 84.7 Å². The highest BCUT2D eigenvalue weighted by Crippen LogP contribution is 2.10. The lowest BCUT2D eigenvalue weighted by Crippen LogP contribution is -2.27. The van der Waals surface area contributed by atoms with Gasteiger partial charge in [0.1, 0.15) is 5.82 Å². The number of carbonyl (C=O) groups is 1. The number of nitrogens with one attached hydrogen (secondary N) is 2. The van der Waals surface area contributed by atoms with Crippen molar-refractivity contribution in [3.63, 3.8) is 0 Å². The molecular weight excluding hydrogens is 268 g/mol. The minimum Gasteiger partial charge on any atom is -0.370 e. The number of hydrogen-bond donors (Lipinski definition) is 2. The zero-order chi connectivity index (χ0) is 15.1. The number of pyridine rings is 1. The highest BCUT2D eigenvalue weighted by molar-refractivity contribution is 5.94. The van der Waals surface area contributed by atoms with Crippen LogP contribution in [0, 0.1) is 6.92 Å². The first-order valence-corrected chi connectivity index (χ1v) is 7.04. The molecule has 0 aromatic carbocycles. The smallest absolute Gasteiger partial charge is 0.251 e. The van der Waals surface area contributed by atoms with E-state index in [1.807, 2.05) is 6.92 Å². The summed E-state index contributed by atoms with van der Waals surface area (Å²) in [5.41, 5.74) is 1.43. The fourth-order valence-corrected chi connectivity index (χ4v) is 1.88. The number of carbonyl (C=O) groups excluding carboxylic acids is 1. The van der Waals surface area contributed by atoms with Crippen LogP contribution >= 0.6 is 0 Å². The van der Waals surface area contributed by atoms with Crippen molar-refractivity contribution < 1.29 is 4.79 Å². The Balaban J connectivity index is 1.93. The summed E-state index contributed by atoms with van der Waals surface area (Å²) in [5.74, 6) is 0.624. The number of aryl methyl sites for hydroxylation is 1. The van der Waals surface area contributed by atoms with E-state index in [2.05, 4.69) is 32.9 Å². The molecule has 2 N–H and O–H groups in total. The van der Waals surface area contributed by atoms with E-state index in [9.17, 15) is 4.79 Å². The summed E-state index contributed by atoms with van der Waals surface area (Å²) >= 11 is 0. The van der Waals surface area contributed by atoms with Gasteiger partial charge in [-0.2, -0.15) is 0 Å². The Kier molecular flexibility index (Phi) is 5.25. The Morgan fingerprint density at radius 2 is 2.19 bits per heavy atom. The number of nitrogens with zero attached hydrogens (tertiary/aromatic N) is 4. The lowest BCUT2D eigenvalue weighted by Gasteiger charge is -2.09. The van der Waals surface area contributed by atoms with Crippen LogP contribution in [0.1, 0.15) is 29.4 Å². The molecule has 0 bridgehead atoms. The minimum absolute atomic E-state index is 0.111. The third kappa shape index (κ3) is 4.55. The van der Waals surface area contributed by atoms with E-state index >= 15 is 0 Å². The Morgan fingerprint density at radius 3 is 2.90 bits per heavy atom. The van der Waals surface area contributed by atoms with Crippen LogP contribution in [0.2, 0.25) is 0 Å². The molecule has 1 amide bonds. The average Bonchev–Trinajstić information content (AvgIpc) is 2.97. The first kappa shape index (κ1) is 15.0. The van der Waals surface area contributed by atoms with E-state index < -0.39 is 0 Å². The molecule has 0 aliphatic rings. The second kappa shape index (κ2) is 7.37. The van der Waals surface area contributed by atoms with Crippen molar-refractivity contribution in [2.24, 2.45) is 0 Å². The lowest BCUT2D eigenvalue weighted by molar-refractivity contribution is 0.0951. The maximum absolute atomic E-state index is 12.1. The van der Waals surface area contributed by atoms with Gasteiger partial charge in [0.2, 0.25) is 0 Å². The molecule has 0 radical (unpaired) electrons. The monoisotopic (exact) mass is 288 g/mol. The highest BCUT2D eigenvalue weighted by Gasteiger charge is 2.08. The summed E-state index contributed by atoms with van der Waals surface area (Å²) < 4.78 is 1.67. The maximum Gasteiger partial charge on any atom is 0.251 e. The number of anilines is 1. The minimum atomic E-state index is -0.111. The van der Waals surface area contributed by atoms with Crippen molar-refractivity contribution in [2.45, 2.75) is 26.8 Å². The summed E-state index contributed by atoms with van der Waals surface area (Å²) in [4.78, 5) is 16.5. The highest BCUT2D eigenvalue weighted by atomic mass is 16.1. The standard InChI is InChI=1S/C14H20N6O/c1-3-4-15-13-10-12(9-11(2)18-13)14(21)16-5-7-20-8-6-17-19-20/h6,8-10H,3-5,7H2,1-2H3,(H,15,18)(H,16,21). The fourth-order valence-electron chi connectivity index (χ4n) is 1.88. The molecule has 0 aliphatic heterocycles. The molecule has 0 atom stereocenters. The summed E-state index contributed by atoms with van der Waals surface area (Å²) in [6, 6.07) is 3.55. The molecule has 21 heavy (non-hydrogen) atoms. The molecule has 2 aromatic heterocycles. The van der Waals surface area contributed by atoms with Gasteiger partial charge in [0.15, 0.2) is 0 Å². The van der Waals surface area contributed by atoms with Gasteiger partial charge < -0.3 is 10.6 Å². The Morgan fingerprint density at radius 1 is 1.33 bits per heavy atom.